The molecule has 3 nitrogen and oxygen atoms in total. The van der Waals surface area contributed by atoms with Gasteiger partial charge in [0.2, 0.25) is 0 Å². The number of methoxy groups -OCH3 is 1. The largest absolute Gasteiger partial charge is 0.493 e. The maximum Gasteiger partial charge on any atom is 0.166 e. The number of hydrogen-bond donors (Lipinski definition) is 1. The van der Waals surface area contributed by atoms with E-state index >= 15 is 0 Å². The Morgan fingerprint density at radius 1 is 1.09 bits per heavy atom. The number of para-hydroxylation sites is 1. The highest BCUT2D eigenvalue weighted by Crippen LogP contribution is 2.32. The van der Waals surface area contributed by atoms with Crippen LogP contribution < -0.4 is 14.8 Å². The summed E-state index contributed by atoms with van der Waals surface area (Å²) in [5, 5.41) is 4.45. The van der Waals surface area contributed by atoms with Crippen molar-refractivity contribution in [1.29, 1.82) is 0 Å². The molecule has 0 fully saturated rings. The van der Waals surface area contributed by atoms with Gasteiger partial charge in [0.1, 0.15) is 6.61 Å². The zero-order valence-corrected chi connectivity index (χ0v) is 14.9. The lowest BCUT2D eigenvalue weighted by Gasteiger charge is -2.16. The summed E-state index contributed by atoms with van der Waals surface area (Å²) in [7, 11) is 1.64. The predicted octanol–water partition coefficient (Wildman–Crippen LogP) is 5.08. The van der Waals surface area contributed by atoms with Crippen LogP contribution in [0.1, 0.15) is 24.5 Å². The van der Waals surface area contributed by atoms with Crippen LogP contribution in [0, 0.1) is 0 Å². The second-order valence-corrected chi connectivity index (χ2v) is 5.98. The zero-order chi connectivity index (χ0) is 16.7. The molecule has 0 saturated heterocycles. The molecule has 0 aliphatic heterocycles. The van der Waals surface area contributed by atoms with Crippen molar-refractivity contribution >= 4 is 23.2 Å². The Labute approximate surface area is 147 Å². The average molecular weight is 354 g/mol. The molecule has 124 valence electrons. The highest BCUT2D eigenvalue weighted by Gasteiger charge is 2.11. The molecule has 2 aromatic carbocycles. The fourth-order valence-corrected chi connectivity index (χ4v) is 2.53. The van der Waals surface area contributed by atoms with Crippen LogP contribution in [0.2, 0.25) is 10.0 Å². The van der Waals surface area contributed by atoms with Gasteiger partial charge in [-0.1, -0.05) is 48.3 Å². The second kappa shape index (κ2) is 9.02. The van der Waals surface area contributed by atoms with E-state index in [9.17, 15) is 0 Å². The third-order valence-corrected chi connectivity index (χ3v) is 4.13. The van der Waals surface area contributed by atoms with E-state index < -0.39 is 0 Å². The lowest BCUT2D eigenvalue weighted by atomic mass is 10.1. The van der Waals surface area contributed by atoms with Gasteiger partial charge < -0.3 is 14.8 Å². The molecule has 0 atom stereocenters. The molecule has 0 saturated carbocycles. The minimum atomic E-state index is 0.401. The predicted molar refractivity (Wildman–Crippen MR) is 95.8 cm³/mol. The van der Waals surface area contributed by atoms with E-state index in [1.165, 1.54) is 0 Å². The van der Waals surface area contributed by atoms with Crippen molar-refractivity contribution in [2.45, 2.75) is 26.5 Å². The average Bonchev–Trinajstić information content (AvgIpc) is 2.56. The number of hydrogen-bond acceptors (Lipinski definition) is 3. The van der Waals surface area contributed by atoms with Gasteiger partial charge in [-0.25, -0.2) is 0 Å². The molecule has 2 aromatic rings. The molecule has 1 N–H and O–H groups in total. The van der Waals surface area contributed by atoms with Gasteiger partial charge >= 0.3 is 0 Å². The van der Waals surface area contributed by atoms with Gasteiger partial charge in [0, 0.05) is 12.1 Å². The van der Waals surface area contributed by atoms with Gasteiger partial charge in [0.25, 0.3) is 0 Å². The Morgan fingerprint density at radius 2 is 1.91 bits per heavy atom. The van der Waals surface area contributed by atoms with E-state index in [4.69, 9.17) is 32.7 Å². The summed E-state index contributed by atoms with van der Waals surface area (Å²) in [4.78, 5) is 0. The molecule has 0 aliphatic rings. The van der Waals surface area contributed by atoms with Crippen molar-refractivity contribution in [3.8, 4) is 11.5 Å². The topological polar surface area (TPSA) is 30.5 Å². The molecule has 5 heteroatoms. The molecule has 23 heavy (non-hydrogen) atoms. The summed E-state index contributed by atoms with van der Waals surface area (Å²) in [5.74, 6) is 1.48. The van der Waals surface area contributed by atoms with Crippen LogP contribution in [0.4, 0.5) is 0 Å². The Hall–Kier alpha value is -1.42. The third-order valence-electron chi connectivity index (χ3n) is 3.39. The fourth-order valence-electron chi connectivity index (χ4n) is 2.21. The number of halogens is 2. The summed E-state index contributed by atoms with van der Waals surface area (Å²) in [6, 6.07) is 11.4. The second-order valence-electron chi connectivity index (χ2n) is 5.16. The highest BCUT2D eigenvalue weighted by atomic mass is 35.5. The maximum absolute atomic E-state index is 6.05. The molecule has 0 bridgehead atoms. The summed E-state index contributed by atoms with van der Waals surface area (Å²) in [6.07, 6.45) is 1.09. The van der Waals surface area contributed by atoms with E-state index in [1.54, 1.807) is 13.2 Å². The van der Waals surface area contributed by atoms with Gasteiger partial charge in [-0.05, 0) is 36.7 Å². The first-order valence-corrected chi connectivity index (χ1v) is 8.34. The van der Waals surface area contributed by atoms with Gasteiger partial charge in [0.15, 0.2) is 11.5 Å². The molecule has 0 unspecified atom stereocenters. The monoisotopic (exact) mass is 353 g/mol. The van der Waals surface area contributed by atoms with E-state index in [0.29, 0.717) is 16.7 Å². The molecule has 0 aromatic heterocycles. The number of rotatable bonds is 8. The standard InChI is InChI=1S/C18H21Cl2NO2/c1-3-9-21-11-14-5-4-6-17(22-2)18(14)23-12-13-7-8-15(19)16(20)10-13/h4-8,10,21H,3,9,11-12H2,1-2H3. The minimum Gasteiger partial charge on any atom is -0.493 e. The summed E-state index contributed by atoms with van der Waals surface area (Å²) < 4.78 is 11.4. The van der Waals surface area contributed by atoms with Crippen molar-refractivity contribution in [1.82, 2.24) is 5.32 Å². The molecule has 0 amide bonds. The fraction of sp³-hybridized carbons (Fsp3) is 0.333. The van der Waals surface area contributed by atoms with Crippen LogP contribution in [0.15, 0.2) is 36.4 Å². The highest BCUT2D eigenvalue weighted by molar-refractivity contribution is 6.42. The first kappa shape index (κ1) is 17.9. The SMILES string of the molecule is CCCNCc1cccc(OC)c1OCc1ccc(Cl)c(Cl)c1. The van der Waals surface area contributed by atoms with Crippen LogP contribution >= 0.6 is 23.2 Å². The van der Waals surface area contributed by atoms with Crippen LogP contribution in [0.25, 0.3) is 0 Å². The minimum absolute atomic E-state index is 0.401. The lowest BCUT2D eigenvalue weighted by molar-refractivity contribution is 0.280. The van der Waals surface area contributed by atoms with Crippen LogP contribution in [-0.2, 0) is 13.2 Å². The molecular formula is C18H21Cl2NO2. The van der Waals surface area contributed by atoms with E-state index in [2.05, 4.69) is 12.2 Å². The van der Waals surface area contributed by atoms with Crippen LogP contribution in [0.5, 0.6) is 11.5 Å². The van der Waals surface area contributed by atoms with Gasteiger partial charge in [-0.2, -0.15) is 0 Å². The number of nitrogens with one attached hydrogen (secondary N) is 1. The summed E-state index contributed by atoms with van der Waals surface area (Å²) in [6.45, 7) is 4.24. The number of ether oxygens (including phenoxy) is 2. The van der Waals surface area contributed by atoms with E-state index in [0.717, 1.165) is 42.1 Å². The van der Waals surface area contributed by atoms with Crippen molar-refractivity contribution < 1.29 is 9.47 Å². The molecule has 2 rings (SSSR count). The van der Waals surface area contributed by atoms with E-state index in [-0.39, 0.29) is 0 Å². The van der Waals surface area contributed by atoms with Crippen LogP contribution in [-0.4, -0.2) is 13.7 Å². The van der Waals surface area contributed by atoms with Crippen molar-refractivity contribution in [2.24, 2.45) is 0 Å². The number of benzene rings is 2. The normalized spacial score (nSPS) is 10.6. The van der Waals surface area contributed by atoms with E-state index in [1.807, 2.05) is 30.3 Å². The van der Waals surface area contributed by atoms with Crippen molar-refractivity contribution in [3.63, 3.8) is 0 Å². The first-order chi connectivity index (χ1) is 11.2. The smallest absolute Gasteiger partial charge is 0.166 e. The van der Waals surface area contributed by atoms with Gasteiger partial charge in [0.05, 0.1) is 17.2 Å². The van der Waals surface area contributed by atoms with Gasteiger partial charge in [-0.3, -0.25) is 0 Å². The van der Waals surface area contributed by atoms with Crippen molar-refractivity contribution in [2.75, 3.05) is 13.7 Å². The Balaban J connectivity index is 2.14. The van der Waals surface area contributed by atoms with Gasteiger partial charge in [-0.15, -0.1) is 0 Å². The Kier molecular flexibility index (Phi) is 7.03. The molecule has 0 radical (unpaired) electrons. The molecule has 0 heterocycles. The van der Waals surface area contributed by atoms with Crippen molar-refractivity contribution in [3.05, 3.63) is 57.6 Å². The maximum atomic E-state index is 6.05. The summed E-state index contributed by atoms with van der Waals surface area (Å²) in [5.41, 5.74) is 2.02. The zero-order valence-electron chi connectivity index (χ0n) is 13.4. The quantitative estimate of drug-likeness (QED) is 0.671. The molecule has 0 aliphatic carbocycles. The lowest BCUT2D eigenvalue weighted by Crippen LogP contribution is -2.15. The first-order valence-electron chi connectivity index (χ1n) is 7.59. The Morgan fingerprint density at radius 3 is 2.61 bits per heavy atom. The molecule has 0 spiro atoms. The van der Waals surface area contributed by atoms with Crippen LogP contribution in [0.3, 0.4) is 0 Å². The third kappa shape index (κ3) is 5.03. The Bertz CT molecular complexity index is 647. The molecular weight excluding hydrogens is 333 g/mol. The summed E-state index contributed by atoms with van der Waals surface area (Å²) >= 11 is 12.0.